The van der Waals surface area contributed by atoms with Crippen LogP contribution in [0.25, 0.3) is 0 Å². The van der Waals surface area contributed by atoms with Gasteiger partial charge in [0, 0.05) is 24.2 Å². The highest BCUT2D eigenvalue weighted by molar-refractivity contribution is 6.30. The average molecular weight is 304 g/mol. The number of halogens is 1. The van der Waals surface area contributed by atoms with Crippen LogP contribution in [-0.4, -0.2) is 23.1 Å². The molecule has 110 valence electrons. The van der Waals surface area contributed by atoms with E-state index in [4.69, 9.17) is 16.3 Å². The highest BCUT2D eigenvalue weighted by Gasteiger charge is 2.17. The third kappa shape index (κ3) is 3.64. The molecule has 1 aromatic heterocycles. The van der Waals surface area contributed by atoms with Crippen molar-refractivity contribution >= 4 is 17.4 Å². The van der Waals surface area contributed by atoms with E-state index >= 15 is 0 Å². The van der Waals surface area contributed by atoms with E-state index in [1.54, 1.807) is 12.4 Å². The molecule has 2 heterocycles. The lowest BCUT2D eigenvalue weighted by atomic mass is 9.99. The number of benzene rings is 1. The first-order valence-electron chi connectivity index (χ1n) is 7.21. The van der Waals surface area contributed by atoms with Gasteiger partial charge in [0.15, 0.2) is 0 Å². The highest BCUT2D eigenvalue weighted by Crippen LogP contribution is 2.26. The van der Waals surface area contributed by atoms with E-state index in [2.05, 4.69) is 21.8 Å². The minimum Gasteiger partial charge on any atom is -0.439 e. The predicted octanol–water partition coefficient (Wildman–Crippen LogP) is 4.16. The van der Waals surface area contributed by atoms with E-state index in [1.807, 2.05) is 24.3 Å². The molecule has 21 heavy (non-hydrogen) atoms. The maximum absolute atomic E-state index is 5.96. The summed E-state index contributed by atoms with van der Waals surface area (Å²) < 4.78 is 5.75. The summed E-state index contributed by atoms with van der Waals surface area (Å²) in [5, 5.41) is 0.645. The van der Waals surface area contributed by atoms with Gasteiger partial charge >= 0.3 is 0 Å². The minimum absolute atomic E-state index is 0.542. The lowest BCUT2D eigenvalue weighted by Crippen LogP contribution is -2.33. The molecule has 1 aromatic carbocycles. The first-order chi connectivity index (χ1) is 10.2. The smallest absolute Gasteiger partial charge is 0.224 e. The van der Waals surface area contributed by atoms with Gasteiger partial charge in [0.25, 0.3) is 0 Å². The quantitative estimate of drug-likeness (QED) is 0.853. The van der Waals surface area contributed by atoms with Crippen LogP contribution in [0.4, 0.5) is 5.82 Å². The van der Waals surface area contributed by atoms with E-state index in [9.17, 15) is 0 Å². The number of piperidine rings is 1. The first-order valence-corrected chi connectivity index (χ1v) is 7.59. The molecule has 0 saturated carbocycles. The van der Waals surface area contributed by atoms with Crippen LogP contribution in [0.5, 0.6) is 11.6 Å². The lowest BCUT2D eigenvalue weighted by molar-refractivity contribution is 0.433. The van der Waals surface area contributed by atoms with Crippen molar-refractivity contribution in [2.75, 3.05) is 18.0 Å². The van der Waals surface area contributed by atoms with Crippen molar-refractivity contribution in [3.8, 4) is 11.6 Å². The molecule has 5 heteroatoms. The van der Waals surface area contributed by atoms with E-state index in [-0.39, 0.29) is 0 Å². The van der Waals surface area contributed by atoms with Crippen molar-refractivity contribution in [3.63, 3.8) is 0 Å². The van der Waals surface area contributed by atoms with Gasteiger partial charge in [-0.15, -0.1) is 0 Å². The Kier molecular flexibility index (Phi) is 4.25. The Balaban J connectivity index is 1.74. The molecule has 4 nitrogen and oxygen atoms in total. The highest BCUT2D eigenvalue weighted by atomic mass is 35.5. The molecule has 0 bridgehead atoms. The van der Waals surface area contributed by atoms with Crippen LogP contribution in [0.2, 0.25) is 5.02 Å². The fourth-order valence-electron chi connectivity index (χ4n) is 2.45. The second-order valence-corrected chi connectivity index (χ2v) is 5.88. The largest absolute Gasteiger partial charge is 0.439 e. The van der Waals surface area contributed by atoms with Crippen molar-refractivity contribution in [3.05, 3.63) is 41.7 Å². The Bertz CT molecular complexity index is 612. The van der Waals surface area contributed by atoms with E-state index in [1.165, 1.54) is 12.8 Å². The van der Waals surface area contributed by atoms with E-state index < -0.39 is 0 Å². The van der Waals surface area contributed by atoms with Crippen molar-refractivity contribution in [1.29, 1.82) is 0 Å². The van der Waals surface area contributed by atoms with Gasteiger partial charge in [-0.2, -0.15) is 0 Å². The molecule has 0 unspecified atom stereocenters. The number of aromatic nitrogens is 2. The number of anilines is 1. The van der Waals surface area contributed by atoms with Gasteiger partial charge in [0.2, 0.25) is 5.88 Å². The van der Waals surface area contributed by atoms with Gasteiger partial charge in [-0.3, -0.25) is 0 Å². The zero-order valence-electron chi connectivity index (χ0n) is 12.0. The van der Waals surface area contributed by atoms with Gasteiger partial charge in [-0.25, -0.2) is 9.97 Å². The van der Waals surface area contributed by atoms with E-state index in [0.717, 1.165) is 24.8 Å². The molecule has 0 radical (unpaired) electrons. The molecule has 1 fully saturated rings. The Hall–Kier alpha value is -1.81. The zero-order valence-corrected chi connectivity index (χ0v) is 12.8. The topological polar surface area (TPSA) is 38.2 Å². The van der Waals surface area contributed by atoms with Gasteiger partial charge in [0.1, 0.15) is 17.9 Å². The maximum atomic E-state index is 5.96. The van der Waals surface area contributed by atoms with Crippen LogP contribution in [-0.2, 0) is 0 Å². The minimum atomic E-state index is 0.542. The summed E-state index contributed by atoms with van der Waals surface area (Å²) in [5.74, 6) is 2.94. The normalized spacial score (nSPS) is 16.0. The van der Waals surface area contributed by atoms with Crippen LogP contribution < -0.4 is 9.64 Å². The SMILES string of the molecule is CC1CCN(c2cc(Oc3cccc(Cl)c3)ncn2)CC1. The molecule has 0 aliphatic carbocycles. The monoisotopic (exact) mass is 303 g/mol. The fourth-order valence-corrected chi connectivity index (χ4v) is 2.63. The number of hydrogen-bond donors (Lipinski definition) is 0. The fraction of sp³-hybridized carbons (Fsp3) is 0.375. The van der Waals surface area contributed by atoms with Crippen molar-refractivity contribution < 1.29 is 4.74 Å². The standard InChI is InChI=1S/C16H18ClN3O/c1-12-5-7-20(8-6-12)15-10-16(19-11-18-15)21-14-4-2-3-13(17)9-14/h2-4,9-12H,5-8H2,1H3. The molecule has 1 saturated heterocycles. The van der Waals surface area contributed by atoms with Gasteiger partial charge < -0.3 is 9.64 Å². The van der Waals surface area contributed by atoms with Gasteiger partial charge in [-0.1, -0.05) is 24.6 Å². The van der Waals surface area contributed by atoms with Crippen molar-refractivity contribution in [2.45, 2.75) is 19.8 Å². The Labute approximate surface area is 129 Å². The predicted molar refractivity (Wildman–Crippen MR) is 84.2 cm³/mol. The molecule has 0 amide bonds. The summed E-state index contributed by atoms with van der Waals surface area (Å²) in [4.78, 5) is 10.8. The Morgan fingerprint density at radius 3 is 2.76 bits per heavy atom. The van der Waals surface area contributed by atoms with E-state index in [0.29, 0.717) is 16.7 Å². The van der Waals surface area contributed by atoms with Crippen LogP contribution >= 0.6 is 11.6 Å². The number of nitrogens with zero attached hydrogens (tertiary/aromatic N) is 3. The van der Waals surface area contributed by atoms with Crippen LogP contribution in [0.15, 0.2) is 36.7 Å². The third-order valence-corrected chi connectivity index (χ3v) is 3.99. The van der Waals surface area contributed by atoms with Gasteiger partial charge in [0.05, 0.1) is 0 Å². The Morgan fingerprint density at radius 1 is 1.19 bits per heavy atom. The molecular weight excluding hydrogens is 286 g/mol. The summed E-state index contributed by atoms with van der Waals surface area (Å²) >= 11 is 5.96. The second kappa shape index (κ2) is 6.31. The lowest BCUT2D eigenvalue weighted by Gasteiger charge is -2.31. The molecule has 0 spiro atoms. The van der Waals surface area contributed by atoms with Gasteiger partial charge in [-0.05, 0) is 37.0 Å². The average Bonchev–Trinajstić information content (AvgIpc) is 2.48. The second-order valence-electron chi connectivity index (χ2n) is 5.44. The number of hydrogen-bond acceptors (Lipinski definition) is 4. The number of ether oxygens (including phenoxy) is 1. The van der Waals surface area contributed by atoms with Crippen molar-refractivity contribution in [1.82, 2.24) is 9.97 Å². The summed E-state index contributed by atoms with van der Waals surface area (Å²) in [6.45, 7) is 4.37. The summed E-state index contributed by atoms with van der Waals surface area (Å²) in [6.07, 6.45) is 3.95. The zero-order chi connectivity index (χ0) is 14.7. The summed E-state index contributed by atoms with van der Waals surface area (Å²) in [6, 6.07) is 9.18. The van der Waals surface area contributed by atoms with Crippen molar-refractivity contribution in [2.24, 2.45) is 5.92 Å². The summed E-state index contributed by atoms with van der Waals surface area (Å²) in [5.41, 5.74) is 0. The summed E-state index contributed by atoms with van der Waals surface area (Å²) in [7, 11) is 0. The third-order valence-electron chi connectivity index (χ3n) is 3.75. The number of rotatable bonds is 3. The van der Waals surface area contributed by atoms with Crippen LogP contribution in [0.3, 0.4) is 0 Å². The maximum Gasteiger partial charge on any atom is 0.224 e. The molecular formula is C16H18ClN3O. The molecule has 1 aliphatic heterocycles. The molecule has 0 atom stereocenters. The molecule has 2 aromatic rings. The molecule has 0 N–H and O–H groups in total. The van der Waals surface area contributed by atoms with Crippen LogP contribution in [0.1, 0.15) is 19.8 Å². The molecule has 3 rings (SSSR count). The Morgan fingerprint density at radius 2 is 2.00 bits per heavy atom. The molecule has 1 aliphatic rings. The first kappa shape index (κ1) is 14.1. The van der Waals surface area contributed by atoms with Crippen LogP contribution in [0, 0.1) is 5.92 Å².